The lowest BCUT2D eigenvalue weighted by molar-refractivity contribution is 0.241. The van der Waals surface area contributed by atoms with Crippen molar-refractivity contribution in [3.05, 3.63) is 0 Å². The van der Waals surface area contributed by atoms with Crippen LogP contribution in [0.4, 0.5) is 4.79 Å². The van der Waals surface area contributed by atoms with Crippen LogP contribution in [0, 0.1) is 0 Å². The minimum absolute atomic E-state index is 0.210. The zero-order valence-electron chi connectivity index (χ0n) is 10.9. The summed E-state index contributed by atoms with van der Waals surface area (Å²) in [6.07, 6.45) is 5.54. The monoisotopic (exact) mass is 214 g/mol. The van der Waals surface area contributed by atoms with Gasteiger partial charge >= 0.3 is 6.03 Å². The molecule has 0 aromatic heterocycles. The molecule has 0 aliphatic rings. The summed E-state index contributed by atoms with van der Waals surface area (Å²) >= 11 is 0. The van der Waals surface area contributed by atoms with Gasteiger partial charge in [-0.15, -0.1) is 0 Å². The van der Waals surface area contributed by atoms with Gasteiger partial charge in [0.05, 0.1) is 0 Å². The van der Waals surface area contributed by atoms with Gasteiger partial charge in [0, 0.05) is 5.54 Å². The molecule has 90 valence electrons. The van der Waals surface area contributed by atoms with Gasteiger partial charge in [0.25, 0.3) is 0 Å². The molecule has 15 heavy (non-hydrogen) atoms. The van der Waals surface area contributed by atoms with Gasteiger partial charge in [0.1, 0.15) is 0 Å². The van der Waals surface area contributed by atoms with Crippen molar-refractivity contribution in [2.45, 2.75) is 65.8 Å². The molecule has 0 unspecified atom stereocenters. The summed E-state index contributed by atoms with van der Waals surface area (Å²) in [6.45, 7) is 13.2. The molecular formula is C12H26N2O. The smallest absolute Gasteiger partial charge is 0.332 e. The fourth-order valence-corrected chi connectivity index (χ4v) is 0.860. The van der Waals surface area contributed by atoms with Crippen molar-refractivity contribution < 1.29 is 4.79 Å². The van der Waals surface area contributed by atoms with E-state index in [0.29, 0.717) is 0 Å². The summed E-state index contributed by atoms with van der Waals surface area (Å²) in [5, 5.41) is 2.60. The molecule has 0 aromatic carbocycles. The maximum absolute atomic E-state index is 10.5. The summed E-state index contributed by atoms with van der Waals surface area (Å²) in [5.41, 5.74) is -0.210. The predicted octanol–water partition coefficient (Wildman–Crippen LogP) is 3.78. The van der Waals surface area contributed by atoms with Crippen LogP contribution in [0.3, 0.4) is 0 Å². The lowest BCUT2D eigenvalue weighted by Crippen LogP contribution is -2.38. The van der Waals surface area contributed by atoms with Crippen LogP contribution in [0.2, 0.25) is 0 Å². The van der Waals surface area contributed by atoms with Gasteiger partial charge < -0.3 is 5.32 Å². The van der Waals surface area contributed by atoms with Crippen molar-refractivity contribution in [3.63, 3.8) is 0 Å². The Morgan fingerprint density at radius 3 is 1.73 bits per heavy atom. The summed E-state index contributed by atoms with van der Waals surface area (Å²) in [4.78, 5) is 13.7. The van der Waals surface area contributed by atoms with Crippen LogP contribution in [0.15, 0.2) is 4.99 Å². The number of hydrogen-bond donors (Lipinski definition) is 1. The standard InChI is InChI=1S/C6H12N2O.C6H14/c1-6(2,3)8-5(9)7-4;1-3-5-6-4-2/h4H2,1-3H3,(H,8,9);3-6H2,1-2H3. The first-order chi connectivity index (χ1) is 6.87. The summed E-state index contributed by atoms with van der Waals surface area (Å²) in [5.74, 6) is 0. The SMILES string of the molecule is C=NC(=O)NC(C)(C)C.CCCCCC. The van der Waals surface area contributed by atoms with Crippen LogP contribution in [0.5, 0.6) is 0 Å². The number of aliphatic imine (C=N–C) groups is 1. The molecule has 0 saturated carbocycles. The molecule has 0 saturated heterocycles. The second-order valence-electron chi connectivity index (χ2n) is 4.55. The molecule has 0 heterocycles. The number of unbranched alkanes of at least 4 members (excludes halogenated alkanes) is 3. The molecule has 2 amide bonds. The van der Waals surface area contributed by atoms with Gasteiger partial charge in [-0.1, -0.05) is 39.5 Å². The second-order valence-corrected chi connectivity index (χ2v) is 4.55. The Morgan fingerprint density at radius 2 is 1.60 bits per heavy atom. The molecular weight excluding hydrogens is 188 g/mol. The Bertz CT molecular complexity index is 167. The van der Waals surface area contributed by atoms with Crippen LogP contribution in [0.1, 0.15) is 60.3 Å². The molecule has 0 fully saturated rings. The van der Waals surface area contributed by atoms with Crippen molar-refractivity contribution in [2.75, 3.05) is 0 Å². The maximum atomic E-state index is 10.5. The van der Waals surface area contributed by atoms with E-state index in [1.54, 1.807) is 0 Å². The lowest BCUT2D eigenvalue weighted by atomic mass is 10.1. The van der Waals surface area contributed by atoms with Crippen molar-refractivity contribution in [2.24, 2.45) is 4.99 Å². The largest absolute Gasteiger partial charge is 0.340 e. The van der Waals surface area contributed by atoms with Crippen LogP contribution in [-0.4, -0.2) is 18.3 Å². The Kier molecular flexibility index (Phi) is 10.7. The summed E-state index contributed by atoms with van der Waals surface area (Å²) in [6, 6.07) is -0.373. The third-order valence-electron chi connectivity index (χ3n) is 1.58. The van der Waals surface area contributed by atoms with E-state index in [2.05, 4.69) is 30.9 Å². The Hall–Kier alpha value is -0.860. The molecule has 0 atom stereocenters. The average Bonchev–Trinajstić information content (AvgIpc) is 2.13. The maximum Gasteiger partial charge on any atom is 0.340 e. The molecule has 3 nitrogen and oxygen atoms in total. The molecule has 0 aliphatic carbocycles. The number of rotatable bonds is 3. The van der Waals surface area contributed by atoms with Gasteiger partial charge in [-0.3, -0.25) is 0 Å². The van der Waals surface area contributed by atoms with Gasteiger partial charge in [0.15, 0.2) is 0 Å². The van der Waals surface area contributed by atoms with Gasteiger partial charge in [-0.05, 0) is 27.5 Å². The van der Waals surface area contributed by atoms with E-state index in [1.807, 2.05) is 20.8 Å². The molecule has 3 heteroatoms. The number of nitrogens with zero attached hydrogens (tertiary/aromatic N) is 1. The zero-order chi connectivity index (χ0) is 12.3. The topological polar surface area (TPSA) is 41.5 Å². The van der Waals surface area contributed by atoms with E-state index in [1.165, 1.54) is 25.7 Å². The summed E-state index contributed by atoms with van der Waals surface area (Å²) in [7, 11) is 0. The Balaban J connectivity index is 0. The average molecular weight is 214 g/mol. The second kappa shape index (κ2) is 9.69. The number of hydrogen-bond acceptors (Lipinski definition) is 1. The predicted molar refractivity (Wildman–Crippen MR) is 67.6 cm³/mol. The number of urea groups is 1. The summed E-state index contributed by atoms with van der Waals surface area (Å²) < 4.78 is 0. The highest BCUT2D eigenvalue weighted by Crippen LogP contribution is 1.97. The van der Waals surface area contributed by atoms with Crippen molar-refractivity contribution >= 4 is 12.7 Å². The van der Waals surface area contributed by atoms with Crippen LogP contribution < -0.4 is 5.32 Å². The van der Waals surface area contributed by atoms with Crippen molar-refractivity contribution in [1.82, 2.24) is 5.32 Å². The van der Waals surface area contributed by atoms with Crippen molar-refractivity contribution in [1.29, 1.82) is 0 Å². The number of carbonyl (C=O) groups excluding carboxylic acids is 1. The number of amides is 2. The third-order valence-corrected chi connectivity index (χ3v) is 1.58. The highest BCUT2D eigenvalue weighted by molar-refractivity contribution is 5.79. The van der Waals surface area contributed by atoms with Crippen molar-refractivity contribution in [3.8, 4) is 0 Å². The normalized spacial score (nSPS) is 9.93. The van der Waals surface area contributed by atoms with E-state index in [-0.39, 0.29) is 11.6 Å². The van der Waals surface area contributed by atoms with E-state index >= 15 is 0 Å². The van der Waals surface area contributed by atoms with E-state index < -0.39 is 0 Å². The molecule has 1 N–H and O–H groups in total. The van der Waals surface area contributed by atoms with Crippen LogP contribution >= 0.6 is 0 Å². The molecule has 0 rings (SSSR count). The highest BCUT2D eigenvalue weighted by Gasteiger charge is 2.11. The van der Waals surface area contributed by atoms with Crippen LogP contribution in [-0.2, 0) is 0 Å². The fraction of sp³-hybridized carbons (Fsp3) is 0.833. The molecule has 0 bridgehead atoms. The first-order valence-electron chi connectivity index (χ1n) is 5.66. The molecule has 0 aliphatic heterocycles. The fourth-order valence-electron chi connectivity index (χ4n) is 0.860. The van der Waals surface area contributed by atoms with Gasteiger partial charge in [-0.2, -0.15) is 0 Å². The third kappa shape index (κ3) is 19.5. The molecule has 0 spiro atoms. The quantitative estimate of drug-likeness (QED) is 0.563. The van der Waals surface area contributed by atoms with E-state index in [4.69, 9.17) is 0 Å². The minimum atomic E-state index is -0.373. The molecule has 0 radical (unpaired) electrons. The van der Waals surface area contributed by atoms with Gasteiger partial charge in [-0.25, -0.2) is 9.79 Å². The number of nitrogens with one attached hydrogen (secondary N) is 1. The van der Waals surface area contributed by atoms with E-state index in [0.717, 1.165) is 0 Å². The molecule has 0 aromatic rings. The lowest BCUT2D eigenvalue weighted by Gasteiger charge is -2.17. The first kappa shape index (κ1) is 16.6. The zero-order valence-corrected chi connectivity index (χ0v) is 10.9. The highest BCUT2D eigenvalue weighted by atomic mass is 16.2. The van der Waals surface area contributed by atoms with Crippen LogP contribution in [0.25, 0.3) is 0 Å². The number of carbonyl (C=O) groups is 1. The van der Waals surface area contributed by atoms with E-state index in [9.17, 15) is 4.79 Å². The minimum Gasteiger partial charge on any atom is -0.332 e. The first-order valence-corrected chi connectivity index (χ1v) is 5.66. The van der Waals surface area contributed by atoms with Gasteiger partial charge in [0.2, 0.25) is 0 Å². The Labute approximate surface area is 94.4 Å². The Morgan fingerprint density at radius 1 is 1.20 bits per heavy atom.